The van der Waals surface area contributed by atoms with Gasteiger partial charge in [-0.2, -0.15) is 0 Å². The largest absolute Gasteiger partial charge is 0.495 e. The number of hydrogen-bond donors (Lipinski definition) is 1. The van der Waals surface area contributed by atoms with Crippen LogP contribution in [-0.2, 0) is 4.74 Å². The Balaban J connectivity index is 1.80. The van der Waals surface area contributed by atoms with Crippen LogP contribution in [0.15, 0.2) is 23.7 Å². The smallest absolute Gasteiger partial charge is 0.0995 e. The van der Waals surface area contributed by atoms with E-state index in [1.54, 1.807) is 6.08 Å². The van der Waals surface area contributed by atoms with Gasteiger partial charge in [-0.3, -0.25) is 0 Å². The summed E-state index contributed by atoms with van der Waals surface area (Å²) < 4.78 is 18.4. The summed E-state index contributed by atoms with van der Waals surface area (Å²) in [5, 5.41) is 3.30. The Labute approximate surface area is 96.6 Å². The molecule has 16 heavy (non-hydrogen) atoms. The summed E-state index contributed by atoms with van der Waals surface area (Å²) in [5.41, 5.74) is 0.537. The third-order valence-corrected chi connectivity index (χ3v) is 3.49. The molecule has 1 spiro atoms. The van der Waals surface area contributed by atoms with E-state index in [0.717, 1.165) is 38.1 Å². The molecule has 1 aliphatic carbocycles. The van der Waals surface area contributed by atoms with Gasteiger partial charge in [0.15, 0.2) is 0 Å². The maximum atomic E-state index is 12.6. The molecule has 1 N–H and O–H groups in total. The summed E-state index contributed by atoms with van der Waals surface area (Å²) in [6.45, 7) is 5.76. The molecule has 2 fully saturated rings. The average Bonchev–Trinajstić information content (AvgIpc) is 2.12. The lowest BCUT2D eigenvalue weighted by molar-refractivity contribution is -0.0804. The fourth-order valence-electron chi connectivity index (χ4n) is 2.42. The predicted octanol–water partition coefficient (Wildman–Crippen LogP) is 2.92. The zero-order valence-electron chi connectivity index (χ0n) is 10.1. The topological polar surface area (TPSA) is 21.3 Å². The van der Waals surface area contributed by atoms with E-state index >= 15 is 0 Å². The van der Waals surface area contributed by atoms with Gasteiger partial charge in [-0.25, -0.2) is 4.39 Å². The van der Waals surface area contributed by atoms with Crippen LogP contribution >= 0.6 is 0 Å². The second-order valence-corrected chi connectivity index (χ2v) is 4.99. The molecule has 2 rings (SSSR count). The van der Waals surface area contributed by atoms with E-state index in [2.05, 4.69) is 5.32 Å². The maximum Gasteiger partial charge on any atom is 0.0995 e. The van der Waals surface area contributed by atoms with Crippen molar-refractivity contribution in [3.8, 4) is 0 Å². The van der Waals surface area contributed by atoms with Crippen LogP contribution in [0.4, 0.5) is 4.39 Å². The Bertz CT molecular complexity index is 306. The molecule has 0 radical (unpaired) electrons. The van der Waals surface area contributed by atoms with Gasteiger partial charge in [0.1, 0.15) is 0 Å². The molecule has 1 aliphatic heterocycles. The SMILES string of the molecule is CCC(=C/C=C(\C)F)OC1CC2(CNC2)C1. The van der Waals surface area contributed by atoms with Gasteiger partial charge >= 0.3 is 0 Å². The van der Waals surface area contributed by atoms with Gasteiger partial charge in [0.25, 0.3) is 0 Å². The van der Waals surface area contributed by atoms with Crippen LogP contribution in [0.3, 0.4) is 0 Å². The van der Waals surface area contributed by atoms with Crippen LogP contribution in [0.1, 0.15) is 33.1 Å². The number of hydrogen-bond acceptors (Lipinski definition) is 2. The van der Waals surface area contributed by atoms with Crippen molar-refractivity contribution in [3.05, 3.63) is 23.7 Å². The first kappa shape index (κ1) is 11.6. The van der Waals surface area contributed by atoms with Crippen molar-refractivity contribution in [1.29, 1.82) is 0 Å². The monoisotopic (exact) mass is 225 g/mol. The summed E-state index contributed by atoms with van der Waals surface area (Å²) in [6.07, 6.45) is 6.69. The number of rotatable bonds is 4. The van der Waals surface area contributed by atoms with Crippen LogP contribution in [0.2, 0.25) is 0 Å². The highest BCUT2D eigenvalue weighted by Gasteiger charge is 2.49. The maximum absolute atomic E-state index is 12.6. The van der Waals surface area contributed by atoms with E-state index in [-0.39, 0.29) is 5.83 Å². The third-order valence-electron chi connectivity index (χ3n) is 3.49. The molecule has 0 atom stereocenters. The molecule has 1 heterocycles. The minimum absolute atomic E-state index is 0.178. The molecule has 0 unspecified atom stereocenters. The van der Waals surface area contributed by atoms with Crippen LogP contribution < -0.4 is 5.32 Å². The van der Waals surface area contributed by atoms with Crippen LogP contribution in [-0.4, -0.2) is 19.2 Å². The van der Waals surface area contributed by atoms with Gasteiger partial charge in [-0.1, -0.05) is 6.92 Å². The second-order valence-electron chi connectivity index (χ2n) is 4.99. The van der Waals surface area contributed by atoms with Gasteiger partial charge in [-0.05, 0) is 31.9 Å². The predicted molar refractivity (Wildman–Crippen MR) is 62.6 cm³/mol. The number of halogens is 1. The first-order chi connectivity index (χ1) is 7.63. The van der Waals surface area contributed by atoms with Crippen molar-refractivity contribution in [2.75, 3.05) is 13.1 Å². The van der Waals surface area contributed by atoms with Crippen molar-refractivity contribution < 1.29 is 9.13 Å². The molecule has 0 aromatic carbocycles. The zero-order chi connectivity index (χ0) is 11.6. The molecular weight excluding hydrogens is 205 g/mol. The van der Waals surface area contributed by atoms with E-state index in [1.807, 2.05) is 6.92 Å². The van der Waals surface area contributed by atoms with Gasteiger partial charge in [-0.15, -0.1) is 0 Å². The van der Waals surface area contributed by atoms with E-state index < -0.39 is 0 Å². The Morgan fingerprint density at radius 1 is 1.44 bits per heavy atom. The first-order valence-electron chi connectivity index (χ1n) is 6.04. The summed E-state index contributed by atoms with van der Waals surface area (Å²) in [6, 6.07) is 0. The molecule has 1 saturated carbocycles. The minimum Gasteiger partial charge on any atom is -0.495 e. The lowest BCUT2D eigenvalue weighted by Crippen LogP contribution is -2.62. The molecule has 90 valence electrons. The standard InChI is InChI=1S/C13H20FNO/c1-3-11(5-4-10(2)14)16-12-6-13(7-12)8-15-9-13/h4-5,12,15H,3,6-9H2,1-2H3/b10-4+,11-5?. The molecular formula is C13H20FNO. The lowest BCUT2D eigenvalue weighted by atomic mass is 9.63. The third kappa shape index (κ3) is 2.46. The second kappa shape index (κ2) is 4.58. The number of allylic oxidation sites excluding steroid dienone is 4. The highest BCUT2D eigenvalue weighted by Crippen LogP contribution is 2.46. The fourth-order valence-corrected chi connectivity index (χ4v) is 2.42. The van der Waals surface area contributed by atoms with Crippen molar-refractivity contribution in [3.63, 3.8) is 0 Å². The highest BCUT2D eigenvalue weighted by atomic mass is 19.1. The Morgan fingerprint density at radius 3 is 2.56 bits per heavy atom. The fraction of sp³-hybridized carbons (Fsp3) is 0.692. The normalized spacial score (nSPS) is 25.2. The lowest BCUT2D eigenvalue weighted by Gasteiger charge is -2.53. The van der Waals surface area contributed by atoms with Crippen molar-refractivity contribution in [2.24, 2.45) is 5.41 Å². The summed E-state index contributed by atoms with van der Waals surface area (Å²) in [5.74, 6) is 0.715. The highest BCUT2D eigenvalue weighted by molar-refractivity contribution is 5.11. The van der Waals surface area contributed by atoms with Gasteiger partial charge < -0.3 is 10.1 Å². The van der Waals surface area contributed by atoms with E-state index in [9.17, 15) is 4.39 Å². The molecule has 0 aromatic rings. The van der Waals surface area contributed by atoms with Crippen molar-refractivity contribution in [2.45, 2.75) is 39.2 Å². The molecule has 0 bridgehead atoms. The van der Waals surface area contributed by atoms with Crippen molar-refractivity contribution >= 4 is 0 Å². The van der Waals surface area contributed by atoms with E-state index in [1.165, 1.54) is 13.0 Å². The minimum atomic E-state index is -0.178. The molecule has 3 heteroatoms. The summed E-state index contributed by atoms with van der Waals surface area (Å²) in [7, 11) is 0. The quantitative estimate of drug-likeness (QED) is 0.586. The van der Waals surface area contributed by atoms with Crippen LogP contribution in [0, 0.1) is 5.41 Å². The molecule has 2 aliphatic rings. The Hall–Kier alpha value is -0.830. The molecule has 1 saturated heterocycles. The Morgan fingerprint density at radius 2 is 2.12 bits per heavy atom. The van der Waals surface area contributed by atoms with Gasteiger partial charge in [0.2, 0.25) is 0 Å². The molecule has 0 amide bonds. The number of nitrogens with one attached hydrogen (secondary N) is 1. The van der Waals surface area contributed by atoms with Gasteiger partial charge in [0.05, 0.1) is 17.7 Å². The number of ether oxygens (including phenoxy) is 1. The van der Waals surface area contributed by atoms with E-state index in [0.29, 0.717) is 11.5 Å². The van der Waals surface area contributed by atoms with Gasteiger partial charge in [0, 0.05) is 24.9 Å². The summed E-state index contributed by atoms with van der Waals surface area (Å²) >= 11 is 0. The Kier molecular flexibility index (Phi) is 3.33. The van der Waals surface area contributed by atoms with E-state index in [4.69, 9.17) is 4.74 Å². The van der Waals surface area contributed by atoms with Crippen LogP contribution in [0.5, 0.6) is 0 Å². The molecule has 2 nitrogen and oxygen atoms in total. The van der Waals surface area contributed by atoms with Crippen LogP contribution in [0.25, 0.3) is 0 Å². The van der Waals surface area contributed by atoms with Crippen molar-refractivity contribution in [1.82, 2.24) is 5.32 Å². The average molecular weight is 225 g/mol. The zero-order valence-corrected chi connectivity index (χ0v) is 10.1. The summed E-state index contributed by atoms with van der Waals surface area (Å²) in [4.78, 5) is 0. The first-order valence-corrected chi connectivity index (χ1v) is 6.04. The molecule has 0 aromatic heterocycles.